The predicted molar refractivity (Wildman–Crippen MR) is 77.5 cm³/mol. The number of aromatic nitrogens is 2. The molecule has 1 N–H and O–H groups in total. The maximum atomic E-state index is 11.2. The number of hydrogen-bond acceptors (Lipinski definition) is 6. The van der Waals surface area contributed by atoms with Crippen molar-refractivity contribution in [2.75, 3.05) is 18.5 Å². The molecule has 2 heterocycles. The zero-order valence-electron chi connectivity index (χ0n) is 11.5. The van der Waals surface area contributed by atoms with Crippen LogP contribution in [0.25, 0.3) is 11.3 Å². The molecule has 7 heteroatoms. The molecule has 0 bridgehead atoms. The molecule has 0 saturated carbocycles. The Balaban J connectivity index is 2.10. The number of anilines is 1. The molecule has 7 nitrogen and oxygen atoms in total. The fourth-order valence-corrected chi connectivity index (χ4v) is 2.30. The Bertz CT molecular complexity index is 703. The highest BCUT2D eigenvalue weighted by Crippen LogP contribution is 2.33. The van der Waals surface area contributed by atoms with Gasteiger partial charge in [0.1, 0.15) is 11.9 Å². The van der Waals surface area contributed by atoms with Crippen LogP contribution in [-0.4, -0.2) is 28.0 Å². The Kier molecular flexibility index (Phi) is 3.39. The summed E-state index contributed by atoms with van der Waals surface area (Å²) in [6.45, 7) is 3.21. The van der Waals surface area contributed by atoms with Crippen molar-refractivity contribution in [1.29, 1.82) is 0 Å². The molecule has 0 radical (unpaired) electrons. The van der Waals surface area contributed by atoms with E-state index in [9.17, 15) is 10.1 Å². The molecule has 0 fully saturated rings. The Morgan fingerprint density at radius 3 is 3.10 bits per heavy atom. The maximum Gasteiger partial charge on any atom is 0.313 e. The molecular formula is C14H14N4O3. The minimum absolute atomic E-state index is 0.101. The number of nitrogens with zero attached hydrogens (tertiary/aromatic N) is 3. The fraction of sp³-hybridized carbons (Fsp3) is 0.286. The standard InChI is InChI=1S/C14H14N4O3/c1-2-15-14-16-8-11(18(19)20)13(17-14)10-3-4-12-9(7-10)5-6-21-12/h3-4,7-8H,2,5-6H2,1H3,(H,15,16,17). The summed E-state index contributed by atoms with van der Waals surface area (Å²) in [4.78, 5) is 18.9. The zero-order chi connectivity index (χ0) is 14.8. The van der Waals surface area contributed by atoms with E-state index in [4.69, 9.17) is 4.74 Å². The van der Waals surface area contributed by atoms with Crippen molar-refractivity contribution in [3.8, 4) is 17.0 Å². The number of hydrogen-bond donors (Lipinski definition) is 1. The molecule has 0 unspecified atom stereocenters. The lowest BCUT2D eigenvalue weighted by Crippen LogP contribution is -2.05. The van der Waals surface area contributed by atoms with Crippen LogP contribution in [0.5, 0.6) is 5.75 Å². The van der Waals surface area contributed by atoms with E-state index >= 15 is 0 Å². The number of benzene rings is 1. The number of fused-ring (bicyclic) bond motifs is 1. The van der Waals surface area contributed by atoms with E-state index in [-0.39, 0.29) is 5.69 Å². The minimum atomic E-state index is -0.464. The van der Waals surface area contributed by atoms with Crippen LogP contribution in [0.4, 0.5) is 11.6 Å². The lowest BCUT2D eigenvalue weighted by Gasteiger charge is -2.07. The summed E-state index contributed by atoms with van der Waals surface area (Å²) in [5.41, 5.74) is 1.97. The van der Waals surface area contributed by atoms with Gasteiger partial charge in [-0.25, -0.2) is 9.97 Å². The van der Waals surface area contributed by atoms with Gasteiger partial charge >= 0.3 is 5.69 Å². The van der Waals surface area contributed by atoms with Gasteiger partial charge in [0.05, 0.1) is 11.5 Å². The molecule has 1 aliphatic heterocycles. The Morgan fingerprint density at radius 1 is 1.48 bits per heavy atom. The van der Waals surface area contributed by atoms with Crippen molar-refractivity contribution in [3.05, 3.63) is 40.1 Å². The van der Waals surface area contributed by atoms with Gasteiger partial charge in [-0.1, -0.05) is 0 Å². The van der Waals surface area contributed by atoms with Crippen LogP contribution in [0, 0.1) is 10.1 Å². The molecular weight excluding hydrogens is 272 g/mol. The third-order valence-corrected chi connectivity index (χ3v) is 3.26. The van der Waals surface area contributed by atoms with Crippen molar-refractivity contribution in [3.63, 3.8) is 0 Å². The number of nitrogens with one attached hydrogen (secondary N) is 1. The molecule has 21 heavy (non-hydrogen) atoms. The smallest absolute Gasteiger partial charge is 0.313 e. The fourth-order valence-electron chi connectivity index (χ4n) is 2.30. The first-order chi connectivity index (χ1) is 10.2. The first-order valence-electron chi connectivity index (χ1n) is 6.70. The summed E-state index contributed by atoms with van der Waals surface area (Å²) in [6, 6.07) is 5.51. The average molecular weight is 286 g/mol. The lowest BCUT2D eigenvalue weighted by molar-refractivity contribution is -0.384. The summed E-state index contributed by atoms with van der Waals surface area (Å²) in [5, 5.41) is 14.1. The molecule has 3 rings (SSSR count). The van der Waals surface area contributed by atoms with Crippen molar-refractivity contribution < 1.29 is 9.66 Å². The molecule has 1 aromatic carbocycles. The van der Waals surface area contributed by atoms with Gasteiger partial charge in [0.25, 0.3) is 0 Å². The largest absolute Gasteiger partial charge is 0.493 e. The minimum Gasteiger partial charge on any atom is -0.493 e. The van der Waals surface area contributed by atoms with Crippen molar-refractivity contribution >= 4 is 11.6 Å². The van der Waals surface area contributed by atoms with Crippen molar-refractivity contribution in [2.45, 2.75) is 13.3 Å². The van der Waals surface area contributed by atoms with E-state index in [0.717, 1.165) is 17.7 Å². The Hall–Kier alpha value is -2.70. The Morgan fingerprint density at radius 2 is 2.33 bits per heavy atom. The third-order valence-electron chi connectivity index (χ3n) is 3.26. The lowest BCUT2D eigenvalue weighted by atomic mass is 10.1. The van der Waals surface area contributed by atoms with E-state index in [1.54, 1.807) is 6.07 Å². The zero-order valence-corrected chi connectivity index (χ0v) is 11.5. The summed E-state index contributed by atoms with van der Waals surface area (Å²) in [5.74, 6) is 1.22. The summed E-state index contributed by atoms with van der Waals surface area (Å²) >= 11 is 0. The van der Waals surface area contributed by atoms with E-state index in [0.29, 0.717) is 30.4 Å². The number of nitro groups is 1. The average Bonchev–Trinajstić information content (AvgIpc) is 2.94. The molecule has 108 valence electrons. The SMILES string of the molecule is CCNc1ncc([N+](=O)[O-])c(-c2ccc3c(c2)CCO3)n1. The first-order valence-corrected chi connectivity index (χ1v) is 6.70. The van der Waals surface area contributed by atoms with Gasteiger partial charge in [-0.15, -0.1) is 0 Å². The van der Waals surface area contributed by atoms with Crippen LogP contribution in [0.15, 0.2) is 24.4 Å². The highest BCUT2D eigenvalue weighted by Gasteiger charge is 2.21. The summed E-state index contributed by atoms with van der Waals surface area (Å²) in [7, 11) is 0. The van der Waals surface area contributed by atoms with E-state index < -0.39 is 4.92 Å². The van der Waals surface area contributed by atoms with E-state index in [1.165, 1.54) is 6.20 Å². The van der Waals surface area contributed by atoms with Gasteiger partial charge in [0.15, 0.2) is 5.69 Å². The van der Waals surface area contributed by atoms with E-state index in [2.05, 4.69) is 15.3 Å². The second-order valence-corrected chi connectivity index (χ2v) is 4.64. The second kappa shape index (κ2) is 5.35. The van der Waals surface area contributed by atoms with Gasteiger partial charge in [-0.05, 0) is 30.7 Å². The quantitative estimate of drug-likeness (QED) is 0.685. The molecule has 1 aliphatic rings. The van der Waals surface area contributed by atoms with Crippen LogP contribution in [0.3, 0.4) is 0 Å². The molecule has 2 aromatic rings. The van der Waals surface area contributed by atoms with Crippen LogP contribution in [-0.2, 0) is 6.42 Å². The van der Waals surface area contributed by atoms with Crippen LogP contribution >= 0.6 is 0 Å². The van der Waals surface area contributed by atoms with E-state index in [1.807, 2.05) is 19.1 Å². The third kappa shape index (κ3) is 2.49. The summed E-state index contributed by atoms with van der Waals surface area (Å²) < 4.78 is 5.45. The van der Waals surface area contributed by atoms with Crippen molar-refractivity contribution in [1.82, 2.24) is 9.97 Å². The van der Waals surface area contributed by atoms with Gasteiger partial charge in [-0.2, -0.15) is 0 Å². The van der Waals surface area contributed by atoms with Gasteiger partial charge in [0.2, 0.25) is 5.95 Å². The van der Waals surface area contributed by atoms with Crippen LogP contribution in [0.2, 0.25) is 0 Å². The topological polar surface area (TPSA) is 90.2 Å². The molecule has 0 aliphatic carbocycles. The van der Waals surface area contributed by atoms with Crippen LogP contribution < -0.4 is 10.1 Å². The first kappa shape index (κ1) is 13.3. The monoisotopic (exact) mass is 286 g/mol. The van der Waals surface area contributed by atoms with Crippen molar-refractivity contribution in [2.24, 2.45) is 0 Å². The van der Waals surface area contributed by atoms with Gasteiger partial charge in [0, 0.05) is 18.5 Å². The maximum absolute atomic E-state index is 11.2. The summed E-state index contributed by atoms with van der Waals surface area (Å²) in [6.07, 6.45) is 2.05. The highest BCUT2D eigenvalue weighted by molar-refractivity contribution is 5.71. The predicted octanol–water partition coefficient (Wildman–Crippen LogP) is 2.42. The number of rotatable bonds is 4. The van der Waals surface area contributed by atoms with Crippen LogP contribution in [0.1, 0.15) is 12.5 Å². The molecule has 1 aromatic heterocycles. The highest BCUT2D eigenvalue weighted by atomic mass is 16.6. The molecule has 0 spiro atoms. The Labute approximate surface area is 121 Å². The number of ether oxygens (including phenoxy) is 1. The van der Waals surface area contributed by atoms with Gasteiger partial charge < -0.3 is 10.1 Å². The van der Waals surface area contributed by atoms with Gasteiger partial charge in [-0.3, -0.25) is 10.1 Å². The molecule has 0 amide bonds. The molecule has 0 atom stereocenters. The molecule has 0 saturated heterocycles. The normalized spacial score (nSPS) is 12.6. The second-order valence-electron chi connectivity index (χ2n) is 4.64.